The Morgan fingerprint density at radius 2 is 1.94 bits per heavy atom. The lowest BCUT2D eigenvalue weighted by molar-refractivity contribution is -0.0471. The van der Waals surface area contributed by atoms with Gasteiger partial charge in [-0.05, 0) is 64.6 Å². The van der Waals surface area contributed by atoms with Crippen molar-refractivity contribution in [1.29, 1.82) is 0 Å². The van der Waals surface area contributed by atoms with E-state index < -0.39 is 5.60 Å². The van der Waals surface area contributed by atoms with Crippen LogP contribution in [0.15, 0.2) is 14.3 Å². The third-order valence-electron chi connectivity index (χ3n) is 4.24. The maximum Gasteiger partial charge on any atom is 0.103 e. The lowest BCUT2D eigenvalue weighted by atomic mass is 9.85. The Kier molecular flexibility index (Phi) is 3.19. The number of halogens is 2. The standard InChI is InChI=1S/C12H15Br2NOS/c1-15-7-2-3-8(15)5-12(16,4-7)11-10(14)9(13)6-17-11/h6-8,16H,2-5H2,1H3. The molecule has 2 atom stereocenters. The molecule has 0 saturated carbocycles. The SMILES string of the molecule is CN1C2CCC1CC(O)(c1scc(Br)c1Br)C2. The summed E-state index contributed by atoms with van der Waals surface area (Å²) in [5.41, 5.74) is -0.631. The number of hydrogen-bond acceptors (Lipinski definition) is 3. The number of nitrogens with zero attached hydrogens (tertiary/aromatic N) is 1. The van der Waals surface area contributed by atoms with Gasteiger partial charge in [0.15, 0.2) is 0 Å². The zero-order valence-corrected chi connectivity index (χ0v) is 13.6. The number of aliphatic hydroxyl groups is 1. The van der Waals surface area contributed by atoms with Crippen LogP contribution in [-0.2, 0) is 5.60 Å². The first-order chi connectivity index (χ1) is 8.01. The molecule has 2 aliphatic rings. The van der Waals surface area contributed by atoms with Gasteiger partial charge < -0.3 is 10.0 Å². The van der Waals surface area contributed by atoms with Gasteiger partial charge in [0, 0.05) is 26.4 Å². The minimum Gasteiger partial charge on any atom is -0.384 e. The first-order valence-electron chi connectivity index (χ1n) is 5.88. The van der Waals surface area contributed by atoms with E-state index in [0.717, 1.165) is 26.7 Å². The molecule has 2 fully saturated rings. The first-order valence-corrected chi connectivity index (χ1v) is 8.35. The van der Waals surface area contributed by atoms with Gasteiger partial charge in [-0.15, -0.1) is 11.3 Å². The van der Waals surface area contributed by atoms with E-state index in [1.54, 1.807) is 11.3 Å². The number of fused-ring (bicyclic) bond motifs is 2. The Labute approximate surface area is 122 Å². The van der Waals surface area contributed by atoms with Crippen LogP contribution in [0.4, 0.5) is 0 Å². The van der Waals surface area contributed by atoms with Crippen molar-refractivity contribution >= 4 is 43.2 Å². The maximum atomic E-state index is 11.0. The van der Waals surface area contributed by atoms with E-state index >= 15 is 0 Å². The van der Waals surface area contributed by atoms with E-state index in [4.69, 9.17) is 0 Å². The van der Waals surface area contributed by atoms with Gasteiger partial charge >= 0.3 is 0 Å². The van der Waals surface area contributed by atoms with Gasteiger partial charge in [0.25, 0.3) is 0 Å². The summed E-state index contributed by atoms with van der Waals surface area (Å²) in [7, 11) is 2.20. The number of thiophene rings is 1. The van der Waals surface area contributed by atoms with Gasteiger partial charge in [-0.25, -0.2) is 0 Å². The smallest absolute Gasteiger partial charge is 0.103 e. The van der Waals surface area contributed by atoms with E-state index in [2.05, 4.69) is 49.2 Å². The molecule has 3 heterocycles. The molecular formula is C12H15Br2NOS. The van der Waals surface area contributed by atoms with Gasteiger partial charge in [0.05, 0.1) is 4.88 Å². The van der Waals surface area contributed by atoms with Crippen LogP contribution < -0.4 is 0 Å². The second-order valence-electron chi connectivity index (χ2n) is 5.22. The molecule has 2 unspecified atom stereocenters. The summed E-state index contributed by atoms with van der Waals surface area (Å²) in [5.74, 6) is 0. The van der Waals surface area contributed by atoms with Crippen molar-refractivity contribution in [2.24, 2.45) is 0 Å². The van der Waals surface area contributed by atoms with Crippen molar-refractivity contribution in [1.82, 2.24) is 4.90 Å². The largest absolute Gasteiger partial charge is 0.384 e. The van der Waals surface area contributed by atoms with E-state index in [-0.39, 0.29) is 0 Å². The van der Waals surface area contributed by atoms with Crippen molar-refractivity contribution in [3.63, 3.8) is 0 Å². The molecule has 0 radical (unpaired) electrons. The lowest BCUT2D eigenvalue weighted by Gasteiger charge is -2.41. The first kappa shape index (κ1) is 12.6. The summed E-state index contributed by atoms with van der Waals surface area (Å²) in [6, 6.07) is 1.10. The molecule has 2 bridgehead atoms. The molecule has 94 valence electrons. The third-order valence-corrected chi connectivity index (χ3v) is 7.96. The fourth-order valence-corrected chi connectivity index (χ4v) is 5.73. The molecule has 2 nitrogen and oxygen atoms in total. The van der Waals surface area contributed by atoms with Crippen LogP contribution in [-0.4, -0.2) is 29.1 Å². The molecule has 1 aromatic heterocycles. The van der Waals surface area contributed by atoms with Crippen LogP contribution >= 0.6 is 43.2 Å². The molecule has 1 aromatic rings. The van der Waals surface area contributed by atoms with Crippen molar-refractivity contribution in [3.05, 3.63) is 19.2 Å². The van der Waals surface area contributed by atoms with Crippen LogP contribution in [0.1, 0.15) is 30.6 Å². The molecule has 17 heavy (non-hydrogen) atoms. The van der Waals surface area contributed by atoms with Crippen molar-refractivity contribution in [2.45, 2.75) is 43.4 Å². The molecule has 0 spiro atoms. The van der Waals surface area contributed by atoms with Crippen LogP contribution in [0.3, 0.4) is 0 Å². The zero-order chi connectivity index (χ0) is 12.2. The van der Waals surface area contributed by atoms with Crippen LogP contribution in [0.25, 0.3) is 0 Å². The molecule has 5 heteroatoms. The zero-order valence-electron chi connectivity index (χ0n) is 9.62. The Morgan fingerprint density at radius 3 is 2.41 bits per heavy atom. The van der Waals surface area contributed by atoms with Gasteiger partial charge in [-0.2, -0.15) is 0 Å². The number of hydrogen-bond donors (Lipinski definition) is 1. The summed E-state index contributed by atoms with van der Waals surface area (Å²) < 4.78 is 2.09. The second kappa shape index (κ2) is 4.30. The highest BCUT2D eigenvalue weighted by Crippen LogP contribution is 2.49. The van der Waals surface area contributed by atoms with Gasteiger partial charge in [-0.1, -0.05) is 0 Å². The molecular weight excluding hydrogens is 366 g/mol. The van der Waals surface area contributed by atoms with E-state index in [9.17, 15) is 5.11 Å². The van der Waals surface area contributed by atoms with Gasteiger partial charge in [-0.3, -0.25) is 0 Å². The maximum absolute atomic E-state index is 11.0. The lowest BCUT2D eigenvalue weighted by Crippen LogP contribution is -2.47. The monoisotopic (exact) mass is 379 g/mol. The summed E-state index contributed by atoms with van der Waals surface area (Å²) >= 11 is 8.75. The van der Waals surface area contributed by atoms with E-state index in [0.29, 0.717) is 12.1 Å². The second-order valence-corrected chi connectivity index (χ2v) is 7.74. The minimum absolute atomic E-state index is 0.548. The van der Waals surface area contributed by atoms with E-state index in [1.165, 1.54) is 12.8 Å². The average Bonchev–Trinajstić information content (AvgIpc) is 2.71. The highest BCUT2D eigenvalue weighted by atomic mass is 79.9. The molecule has 1 N–H and O–H groups in total. The minimum atomic E-state index is -0.631. The highest BCUT2D eigenvalue weighted by Gasteiger charge is 2.48. The topological polar surface area (TPSA) is 23.5 Å². The van der Waals surface area contributed by atoms with Gasteiger partial charge in [0.2, 0.25) is 0 Å². The Balaban J connectivity index is 1.95. The number of piperidine rings is 1. The van der Waals surface area contributed by atoms with Crippen LogP contribution in [0.5, 0.6) is 0 Å². The van der Waals surface area contributed by atoms with E-state index in [1.807, 2.05) is 0 Å². The Morgan fingerprint density at radius 1 is 1.35 bits per heavy atom. The van der Waals surface area contributed by atoms with Crippen LogP contribution in [0, 0.1) is 0 Å². The Bertz CT molecular complexity index is 434. The number of rotatable bonds is 1. The predicted octanol–water partition coefficient (Wildman–Crippen LogP) is 3.72. The molecule has 0 aliphatic carbocycles. The molecule has 2 aliphatic heterocycles. The van der Waals surface area contributed by atoms with Crippen molar-refractivity contribution in [2.75, 3.05) is 7.05 Å². The Hall–Kier alpha value is 0.580. The van der Waals surface area contributed by atoms with Crippen molar-refractivity contribution in [3.8, 4) is 0 Å². The summed E-state index contributed by atoms with van der Waals surface area (Å²) in [4.78, 5) is 3.54. The molecule has 0 aromatic carbocycles. The molecule has 0 amide bonds. The fourth-order valence-electron chi connectivity index (χ4n) is 3.27. The molecule has 2 saturated heterocycles. The highest BCUT2D eigenvalue weighted by molar-refractivity contribution is 9.13. The summed E-state index contributed by atoms with van der Waals surface area (Å²) in [5, 5.41) is 13.0. The van der Waals surface area contributed by atoms with Crippen molar-refractivity contribution < 1.29 is 5.11 Å². The quantitative estimate of drug-likeness (QED) is 0.802. The summed E-state index contributed by atoms with van der Waals surface area (Å²) in [6.07, 6.45) is 4.19. The van der Waals surface area contributed by atoms with Crippen LogP contribution in [0.2, 0.25) is 0 Å². The fraction of sp³-hybridized carbons (Fsp3) is 0.667. The van der Waals surface area contributed by atoms with Gasteiger partial charge in [0.1, 0.15) is 5.60 Å². The predicted molar refractivity (Wildman–Crippen MR) is 77.4 cm³/mol. The summed E-state index contributed by atoms with van der Waals surface area (Å²) in [6.45, 7) is 0. The molecule has 3 rings (SSSR count). The normalized spacial score (nSPS) is 37.6. The third kappa shape index (κ3) is 1.94. The average molecular weight is 381 g/mol.